The van der Waals surface area contributed by atoms with Crippen LogP contribution in [-0.2, 0) is 10.1 Å². The largest absolute Gasteiger partial charge is 1.00 e. The minimum atomic E-state index is -4.03. The van der Waals surface area contributed by atoms with Crippen molar-refractivity contribution >= 4 is 10.1 Å². The van der Waals surface area contributed by atoms with Gasteiger partial charge in [-0.25, -0.2) is 8.42 Å². The van der Waals surface area contributed by atoms with Crippen molar-refractivity contribution in [2.75, 3.05) is 5.75 Å². The topological polar surface area (TPSA) is 77.4 Å². The molecular formula is C8H17KO4S. The van der Waals surface area contributed by atoms with E-state index in [9.17, 15) is 13.0 Å². The quantitative estimate of drug-likeness (QED) is 0.317. The Bertz CT molecular complexity index is 213. The molecule has 0 saturated carbocycles. The van der Waals surface area contributed by atoms with Gasteiger partial charge >= 0.3 is 51.4 Å². The summed E-state index contributed by atoms with van der Waals surface area (Å²) in [6.07, 6.45) is 3.39. The molecule has 1 atom stereocenters. The van der Waals surface area contributed by atoms with E-state index >= 15 is 0 Å². The van der Waals surface area contributed by atoms with E-state index in [2.05, 4.69) is 0 Å². The fourth-order valence-electron chi connectivity index (χ4n) is 1.07. The van der Waals surface area contributed by atoms with Gasteiger partial charge in [-0.1, -0.05) is 19.3 Å². The second-order valence-electron chi connectivity index (χ2n) is 3.31. The number of aliphatic hydroxyl groups is 1. The van der Waals surface area contributed by atoms with Crippen LogP contribution in [-0.4, -0.2) is 29.9 Å². The maximum Gasteiger partial charge on any atom is 1.00 e. The van der Waals surface area contributed by atoms with Gasteiger partial charge in [0.2, 0.25) is 0 Å². The molecule has 0 fully saturated rings. The first-order valence-electron chi connectivity index (χ1n) is 4.53. The van der Waals surface area contributed by atoms with Gasteiger partial charge in [-0.2, -0.15) is 0 Å². The van der Waals surface area contributed by atoms with Crippen LogP contribution < -0.4 is 51.4 Å². The van der Waals surface area contributed by atoms with Crippen LogP contribution in [0.3, 0.4) is 0 Å². The summed E-state index contributed by atoms with van der Waals surface area (Å²) in [6.45, 7) is 1.72. The van der Waals surface area contributed by atoms with Crippen molar-refractivity contribution < 1.29 is 69.5 Å². The summed E-state index contributed by atoms with van der Waals surface area (Å²) >= 11 is 0. The van der Waals surface area contributed by atoms with Crippen molar-refractivity contribution in [3.8, 4) is 0 Å². The summed E-state index contributed by atoms with van der Waals surface area (Å²) in [5.74, 6) is -0.262. The molecule has 0 aliphatic carbocycles. The molecule has 0 saturated heterocycles. The predicted molar refractivity (Wildman–Crippen MR) is 49.3 cm³/mol. The van der Waals surface area contributed by atoms with E-state index in [1.807, 2.05) is 0 Å². The third kappa shape index (κ3) is 16.0. The summed E-state index contributed by atoms with van der Waals surface area (Å²) in [6, 6.07) is 0. The molecule has 14 heavy (non-hydrogen) atoms. The molecule has 0 aliphatic heterocycles. The van der Waals surface area contributed by atoms with Gasteiger partial charge in [-0.3, -0.25) is 0 Å². The number of rotatable bonds is 7. The summed E-state index contributed by atoms with van der Waals surface area (Å²) in [7, 11) is -4.03. The number of hydrogen-bond donors (Lipinski definition) is 1. The Balaban J connectivity index is 0. The Hall–Kier alpha value is 1.51. The Morgan fingerprint density at radius 1 is 1.21 bits per heavy atom. The summed E-state index contributed by atoms with van der Waals surface area (Å²) in [4.78, 5) is 0. The van der Waals surface area contributed by atoms with Gasteiger partial charge in [-0.05, 0) is 19.8 Å². The van der Waals surface area contributed by atoms with E-state index in [-0.39, 0.29) is 63.2 Å². The van der Waals surface area contributed by atoms with Crippen LogP contribution >= 0.6 is 0 Å². The number of hydrogen-bond acceptors (Lipinski definition) is 4. The predicted octanol–water partition coefficient (Wildman–Crippen LogP) is -2.13. The molecule has 1 unspecified atom stereocenters. The van der Waals surface area contributed by atoms with Crippen LogP contribution in [0.5, 0.6) is 0 Å². The average Bonchev–Trinajstić information content (AvgIpc) is 1.93. The summed E-state index contributed by atoms with van der Waals surface area (Å²) < 4.78 is 30.5. The van der Waals surface area contributed by atoms with E-state index in [1.54, 1.807) is 6.92 Å². The van der Waals surface area contributed by atoms with E-state index in [0.29, 0.717) is 6.42 Å². The normalized spacial score (nSPS) is 13.4. The van der Waals surface area contributed by atoms with E-state index < -0.39 is 10.1 Å². The third-order valence-corrected chi connectivity index (χ3v) is 2.55. The smallest absolute Gasteiger partial charge is 0.748 e. The first kappa shape index (κ1) is 17.9. The molecule has 80 valence electrons. The Kier molecular flexibility index (Phi) is 12.4. The molecule has 0 aromatic heterocycles. The molecule has 0 radical (unpaired) electrons. The number of unbranched alkanes of at least 4 members (excludes halogenated alkanes) is 3. The van der Waals surface area contributed by atoms with Crippen molar-refractivity contribution in [2.45, 2.75) is 45.1 Å². The maximum absolute atomic E-state index is 10.2. The Morgan fingerprint density at radius 2 is 1.71 bits per heavy atom. The average molecular weight is 248 g/mol. The van der Waals surface area contributed by atoms with Gasteiger partial charge in [-0.15, -0.1) is 0 Å². The van der Waals surface area contributed by atoms with Gasteiger partial charge in [0.1, 0.15) is 0 Å². The van der Waals surface area contributed by atoms with Crippen molar-refractivity contribution in [1.82, 2.24) is 0 Å². The van der Waals surface area contributed by atoms with Crippen LogP contribution in [0.25, 0.3) is 0 Å². The van der Waals surface area contributed by atoms with Crippen LogP contribution in [0, 0.1) is 0 Å². The molecule has 0 aromatic carbocycles. The minimum absolute atomic E-state index is 0. The molecule has 0 aromatic rings. The number of aliphatic hydroxyl groups excluding tert-OH is 1. The summed E-state index contributed by atoms with van der Waals surface area (Å²) in [5, 5.41) is 8.89. The third-order valence-electron chi connectivity index (χ3n) is 1.77. The summed E-state index contributed by atoms with van der Waals surface area (Å²) in [5.41, 5.74) is 0. The zero-order valence-corrected chi connectivity index (χ0v) is 12.8. The second-order valence-corrected chi connectivity index (χ2v) is 4.84. The molecule has 0 aliphatic rings. The Labute approximate surface area is 129 Å². The minimum Gasteiger partial charge on any atom is -0.748 e. The monoisotopic (exact) mass is 248 g/mol. The molecule has 0 bridgehead atoms. The molecule has 0 heterocycles. The molecular weight excluding hydrogens is 231 g/mol. The van der Waals surface area contributed by atoms with Crippen LogP contribution in [0.4, 0.5) is 0 Å². The van der Waals surface area contributed by atoms with Gasteiger partial charge in [0.15, 0.2) is 0 Å². The molecule has 1 N–H and O–H groups in total. The van der Waals surface area contributed by atoms with Crippen LogP contribution in [0.2, 0.25) is 0 Å². The molecule has 0 amide bonds. The van der Waals surface area contributed by atoms with Crippen molar-refractivity contribution in [3.05, 3.63) is 0 Å². The molecule has 4 nitrogen and oxygen atoms in total. The van der Waals surface area contributed by atoms with Gasteiger partial charge in [0, 0.05) is 5.75 Å². The molecule has 6 heteroatoms. The molecule has 0 spiro atoms. The van der Waals surface area contributed by atoms with E-state index in [4.69, 9.17) is 5.11 Å². The fourth-order valence-corrected chi connectivity index (χ4v) is 1.63. The van der Waals surface area contributed by atoms with Gasteiger partial charge in [0.25, 0.3) is 0 Å². The fraction of sp³-hybridized carbons (Fsp3) is 1.00. The standard InChI is InChI=1S/C8H18O4S.K/c1-8(9)6-4-2-3-5-7-13(10,11)12;/h8-9H,2-7H2,1H3,(H,10,11,12);/q;+1/p-1. The van der Waals surface area contributed by atoms with E-state index in [1.165, 1.54) is 0 Å². The van der Waals surface area contributed by atoms with Crippen molar-refractivity contribution in [1.29, 1.82) is 0 Å². The van der Waals surface area contributed by atoms with Crippen molar-refractivity contribution in [2.24, 2.45) is 0 Å². The zero-order chi connectivity index (χ0) is 10.3. The van der Waals surface area contributed by atoms with Crippen LogP contribution in [0.15, 0.2) is 0 Å². The van der Waals surface area contributed by atoms with Crippen LogP contribution in [0.1, 0.15) is 39.0 Å². The SMILES string of the molecule is CC(O)CCCCCCS(=O)(=O)[O-].[K+]. The first-order valence-corrected chi connectivity index (χ1v) is 6.11. The van der Waals surface area contributed by atoms with E-state index in [0.717, 1.165) is 25.7 Å². The zero-order valence-electron chi connectivity index (χ0n) is 8.90. The maximum atomic E-state index is 10.2. The van der Waals surface area contributed by atoms with Gasteiger partial charge < -0.3 is 9.66 Å². The van der Waals surface area contributed by atoms with Gasteiger partial charge in [0.05, 0.1) is 16.2 Å². The first-order chi connectivity index (χ1) is 5.92. The molecule has 0 rings (SSSR count). The Morgan fingerprint density at radius 3 is 2.14 bits per heavy atom. The van der Waals surface area contributed by atoms with Crippen molar-refractivity contribution in [3.63, 3.8) is 0 Å². The second kappa shape index (κ2) is 9.71.